The first-order valence-electron chi connectivity index (χ1n) is 10.5. The number of ether oxygens (including phenoxy) is 6. The summed E-state index contributed by atoms with van der Waals surface area (Å²) in [4.78, 5) is 60.3. The van der Waals surface area contributed by atoms with Gasteiger partial charge in [0.25, 0.3) is 12.0 Å². The van der Waals surface area contributed by atoms with Crippen LogP contribution in [0.1, 0.15) is 41.0 Å². The van der Waals surface area contributed by atoms with Gasteiger partial charge in [-0.05, 0) is 23.5 Å². The molecule has 0 amide bonds. The molecule has 2 heterocycles. The van der Waals surface area contributed by atoms with Crippen LogP contribution in [-0.4, -0.2) is 60.9 Å². The van der Waals surface area contributed by atoms with E-state index in [1.807, 2.05) is 13.8 Å². The molecule has 34 heavy (non-hydrogen) atoms. The van der Waals surface area contributed by atoms with E-state index in [-0.39, 0.29) is 24.6 Å². The van der Waals surface area contributed by atoms with Crippen molar-refractivity contribution in [1.82, 2.24) is 0 Å². The molecule has 1 aliphatic carbocycles. The first-order valence-corrected chi connectivity index (χ1v) is 10.5. The normalized spacial score (nSPS) is 28.5. The van der Waals surface area contributed by atoms with Gasteiger partial charge >= 0.3 is 23.9 Å². The number of Topliss-reactive ketones (excluding diaryl/α,β-unsaturated/α-hetero) is 1. The summed E-state index contributed by atoms with van der Waals surface area (Å²) >= 11 is 0. The molecule has 0 N–H and O–H groups in total. The maximum atomic E-state index is 12.7. The molecule has 11 heteroatoms. The number of allylic oxidation sites excluding steroid dienone is 2. The van der Waals surface area contributed by atoms with Gasteiger partial charge in [-0.25, -0.2) is 9.59 Å². The number of carbonyl (C=O) groups excluding carboxylic acids is 5. The molecule has 0 saturated carbocycles. The van der Waals surface area contributed by atoms with Gasteiger partial charge in [-0.3, -0.25) is 14.4 Å². The Hall–Kier alpha value is -3.31. The van der Waals surface area contributed by atoms with E-state index in [1.54, 1.807) is 13.0 Å². The molecular formula is C23H26O11. The second-order valence-corrected chi connectivity index (χ2v) is 8.67. The van der Waals surface area contributed by atoms with Crippen LogP contribution in [0.15, 0.2) is 35.3 Å². The summed E-state index contributed by atoms with van der Waals surface area (Å²) in [6, 6.07) is 0. The van der Waals surface area contributed by atoms with Crippen LogP contribution in [-0.2, 0) is 52.4 Å². The van der Waals surface area contributed by atoms with Crippen molar-refractivity contribution in [2.75, 3.05) is 6.61 Å². The molecule has 0 aromatic rings. The summed E-state index contributed by atoms with van der Waals surface area (Å²) in [6.45, 7) is 11.1. The highest BCUT2D eigenvalue weighted by atomic mass is 16.8. The Kier molecular flexibility index (Phi) is 7.08. The minimum absolute atomic E-state index is 0.237. The van der Waals surface area contributed by atoms with Crippen LogP contribution in [0.25, 0.3) is 0 Å². The smallest absolute Gasteiger partial charge is 0.378 e. The van der Waals surface area contributed by atoms with Crippen LogP contribution in [0.5, 0.6) is 0 Å². The zero-order chi connectivity index (χ0) is 25.4. The summed E-state index contributed by atoms with van der Waals surface area (Å²) in [6.07, 6.45) is -3.05. The average molecular weight is 478 g/mol. The van der Waals surface area contributed by atoms with E-state index < -0.39 is 59.7 Å². The fourth-order valence-corrected chi connectivity index (χ4v) is 4.16. The van der Waals surface area contributed by atoms with Crippen molar-refractivity contribution in [3.05, 3.63) is 35.3 Å². The van der Waals surface area contributed by atoms with Gasteiger partial charge in [-0.15, -0.1) is 0 Å². The quantitative estimate of drug-likeness (QED) is 0.404. The third-order valence-corrected chi connectivity index (χ3v) is 5.59. The van der Waals surface area contributed by atoms with Gasteiger partial charge in [0.05, 0.1) is 6.61 Å². The third-order valence-electron chi connectivity index (χ3n) is 5.59. The molecule has 184 valence electrons. The third kappa shape index (κ3) is 4.95. The van der Waals surface area contributed by atoms with Crippen molar-refractivity contribution in [2.24, 2.45) is 5.41 Å². The van der Waals surface area contributed by atoms with E-state index >= 15 is 0 Å². The first kappa shape index (κ1) is 25.3. The fourth-order valence-electron chi connectivity index (χ4n) is 4.16. The lowest BCUT2D eigenvalue weighted by atomic mass is 9.71. The number of hydrogen-bond acceptors (Lipinski definition) is 11. The van der Waals surface area contributed by atoms with Crippen molar-refractivity contribution >= 4 is 29.7 Å². The molecule has 0 aromatic carbocycles. The molecule has 1 saturated heterocycles. The zero-order valence-corrected chi connectivity index (χ0v) is 19.5. The molecule has 11 nitrogen and oxygen atoms in total. The van der Waals surface area contributed by atoms with Crippen LogP contribution in [0.4, 0.5) is 0 Å². The van der Waals surface area contributed by atoms with Crippen LogP contribution in [0, 0.1) is 5.41 Å². The zero-order valence-electron chi connectivity index (χ0n) is 19.5. The number of esters is 4. The van der Waals surface area contributed by atoms with Gasteiger partial charge in [-0.2, -0.15) is 0 Å². The minimum atomic E-state index is -1.51. The van der Waals surface area contributed by atoms with Gasteiger partial charge in [-0.1, -0.05) is 26.5 Å². The van der Waals surface area contributed by atoms with Crippen molar-refractivity contribution in [2.45, 2.75) is 65.6 Å². The van der Waals surface area contributed by atoms with E-state index in [0.717, 1.165) is 19.4 Å². The average Bonchev–Trinajstić information content (AvgIpc) is 3.32. The van der Waals surface area contributed by atoms with Crippen LogP contribution >= 0.6 is 0 Å². The maximum Gasteiger partial charge on any atom is 0.378 e. The summed E-state index contributed by atoms with van der Waals surface area (Å²) in [5.74, 6) is -4.89. The molecule has 2 aliphatic heterocycles. The van der Waals surface area contributed by atoms with E-state index in [1.165, 1.54) is 0 Å². The molecule has 3 rings (SSSR count). The molecular weight excluding hydrogens is 452 g/mol. The topological polar surface area (TPSA) is 141 Å². The highest BCUT2D eigenvalue weighted by Crippen LogP contribution is 2.40. The lowest BCUT2D eigenvalue weighted by Crippen LogP contribution is -2.41. The standard InChI is InChI=1S/C23H26O11/c1-7-13-10(2)16(26)14(8-23(13,5)6)32-21(28)22-29-9-15(33-22)17-18(30-11(3)24)19(20(27)34-17)31-12(4)25/h7,14-15,17,22H,1,8-9H2,2-6H3/t14?,15-,17+,22?/m0/s1. The molecule has 0 radical (unpaired) electrons. The Bertz CT molecular complexity index is 1020. The minimum Gasteiger partial charge on any atom is -0.450 e. The Morgan fingerprint density at radius 1 is 1.12 bits per heavy atom. The number of rotatable bonds is 6. The molecule has 4 atom stereocenters. The molecule has 1 fully saturated rings. The molecule has 0 aromatic heterocycles. The highest BCUT2D eigenvalue weighted by molar-refractivity contribution is 6.01. The maximum absolute atomic E-state index is 12.7. The second kappa shape index (κ2) is 9.51. The summed E-state index contributed by atoms with van der Waals surface area (Å²) < 4.78 is 31.3. The van der Waals surface area contributed by atoms with Gasteiger partial charge in [0.1, 0.15) is 6.10 Å². The fraction of sp³-hybridized carbons (Fsp3) is 0.522. The second-order valence-electron chi connectivity index (χ2n) is 8.67. The van der Waals surface area contributed by atoms with Crippen LogP contribution in [0.3, 0.4) is 0 Å². The van der Waals surface area contributed by atoms with E-state index in [9.17, 15) is 24.0 Å². The van der Waals surface area contributed by atoms with Crippen molar-refractivity contribution in [1.29, 1.82) is 0 Å². The molecule has 2 unspecified atom stereocenters. The van der Waals surface area contributed by atoms with E-state index in [4.69, 9.17) is 28.4 Å². The van der Waals surface area contributed by atoms with Crippen molar-refractivity contribution in [3.63, 3.8) is 0 Å². The van der Waals surface area contributed by atoms with Gasteiger partial charge < -0.3 is 28.4 Å². The molecule has 3 aliphatic rings. The largest absolute Gasteiger partial charge is 0.450 e. The van der Waals surface area contributed by atoms with E-state index in [2.05, 4.69) is 6.58 Å². The van der Waals surface area contributed by atoms with Crippen LogP contribution < -0.4 is 0 Å². The summed E-state index contributed by atoms with van der Waals surface area (Å²) in [7, 11) is 0. The van der Waals surface area contributed by atoms with Crippen molar-refractivity contribution in [3.8, 4) is 0 Å². The Labute approximate surface area is 195 Å². The predicted molar refractivity (Wildman–Crippen MR) is 111 cm³/mol. The van der Waals surface area contributed by atoms with Crippen molar-refractivity contribution < 1.29 is 52.4 Å². The Balaban J connectivity index is 1.72. The number of carbonyl (C=O) groups is 5. The van der Waals surface area contributed by atoms with Crippen LogP contribution in [0.2, 0.25) is 0 Å². The van der Waals surface area contributed by atoms with Gasteiger partial charge in [0, 0.05) is 20.3 Å². The first-order chi connectivity index (χ1) is 15.9. The summed E-state index contributed by atoms with van der Waals surface area (Å²) in [5.41, 5.74) is 0.802. The van der Waals surface area contributed by atoms with E-state index in [0.29, 0.717) is 5.57 Å². The number of ketones is 1. The summed E-state index contributed by atoms with van der Waals surface area (Å²) in [5, 5.41) is 0. The molecule has 0 spiro atoms. The lowest BCUT2D eigenvalue weighted by Gasteiger charge is -2.36. The lowest BCUT2D eigenvalue weighted by molar-refractivity contribution is -0.185. The Morgan fingerprint density at radius 3 is 2.35 bits per heavy atom. The number of hydrogen-bond donors (Lipinski definition) is 0. The van der Waals surface area contributed by atoms with Gasteiger partial charge in [0.2, 0.25) is 5.76 Å². The number of cyclic esters (lactones) is 1. The SMILES string of the molecule is C=CC1=C(C)C(=O)C(OC(=O)C2OC[C@@H]([C@H]3OC(=O)C(OC(C)=O)=C3OC(C)=O)O2)CC1(C)C. The highest BCUT2D eigenvalue weighted by Gasteiger charge is 2.49. The monoisotopic (exact) mass is 478 g/mol. The Morgan fingerprint density at radius 2 is 1.76 bits per heavy atom. The van der Waals surface area contributed by atoms with Gasteiger partial charge in [0.15, 0.2) is 18.0 Å². The predicted octanol–water partition coefficient (Wildman–Crippen LogP) is 1.40. The molecule has 0 bridgehead atoms.